The number of imidazole rings is 1. The summed E-state index contributed by atoms with van der Waals surface area (Å²) in [5, 5.41) is 7.40. The summed E-state index contributed by atoms with van der Waals surface area (Å²) >= 11 is 0. The van der Waals surface area contributed by atoms with Crippen molar-refractivity contribution in [3.63, 3.8) is 0 Å². The second kappa shape index (κ2) is 11.4. The second-order valence-corrected chi connectivity index (χ2v) is 9.82. The van der Waals surface area contributed by atoms with E-state index in [1.807, 2.05) is 32.2 Å². The maximum Gasteiger partial charge on any atom is 0.416 e. The first-order chi connectivity index (χ1) is 18.8. The van der Waals surface area contributed by atoms with Gasteiger partial charge in [0.1, 0.15) is 5.69 Å². The van der Waals surface area contributed by atoms with Crippen molar-refractivity contribution in [3.05, 3.63) is 88.6 Å². The van der Waals surface area contributed by atoms with Gasteiger partial charge in [-0.25, -0.2) is 9.50 Å². The van der Waals surface area contributed by atoms with Gasteiger partial charge in [-0.15, -0.1) is 0 Å². The molecule has 0 atom stereocenters. The first-order valence-corrected chi connectivity index (χ1v) is 12.9. The molecule has 1 fully saturated rings. The van der Waals surface area contributed by atoms with Crippen LogP contribution in [-0.4, -0.2) is 62.6 Å². The molecule has 0 spiro atoms. The molecule has 7 nitrogen and oxygen atoms in total. The lowest BCUT2D eigenvalue weighted by Crippen LogP contribution is -2.29. The molecule has 0 aliphatic carbocycles. The average molecular weight is 534 g/mol. The minimum absolute atomic E-state index is 0.287. The molecule has 0 saturated carbocycles. The Hall–Kier alpha value is -3.94. The fourth-order valence-corrected chi connectivity index (χ4v) is 4.64. The number of aromatic nitrogens is 4. The average Bonchev–Trinajstić information content (AvgIpc) is 3.22. The van der Waals surface area contributed by atoms with E-state index in [2.05, 4.69) is 42.0 Å². The van der Waals surface area contributed by atoms with Crippen molar-refractivity contribution in [2.75, 3.05) is 38.5 Å². The normalized spacial score (nSPS) is 15.1. The van der Waals surface area contributed by atoms with Crippen molar-refractivity contribution in [1.29, 1.82) is 0 Å². The Kier molecular flexibility index (Phi) is 7.82. The van der Waals surface area contributed by atoms with Gasteiger partial charge in [-0.05, 0) is 80.9 Å². The Morgan fingerprint density at radius 3 is 2.72 bits per heavy atom. The minimum Gasteiger partial charge on any atom is -0.381 e. The lowest BCUT2D eigenvalue weighted by atomic mass is 10.0. The molecule has 3 aromatic heterocycles. The third-order valence-electron chi connectivity index (χ3n) is 6.86. The third kappa shape index (κ3) is 6.56. The Balaban J connectivity index is 1.30. The summed E-state index contributed by atoms with van der Waals surface area (Å²) in [4.78, 5) is 13.0. The molecule has 0 bridgehead atoms. The van der Waals surface area contributed by atoms with E-state index >= 15 is 0 Å². The predicted molar refractivity (Wildman–Crippen MR) is 144 cm³/mol. The van der Waals surface area contributed by atoms with Crippen molar-refractivity contribution >= 4 is 11.3 Å². The van der Waals surface area contributed by atoms with Gasteiger partial charge in [0.25, 0.3) is 0 Å². The van der Waals surface area contributed by atoms with Crippen LogP contribution in [0.3, 0.4) is 0 Å². The Morgan fingerprint density at radius 2 is 1.87 bits per heavy atom. The van der Waals surface area contributed by atoms with E-state index in [1.165, 1.54) is 6.07 Å². The largest absolute Gasteiger partial charge is 0.416 e. The molecule has 1 saturated heterocycles. The number of fused-ring (bicyclic) bond motifs is 1. The Morgan fingerprint density at radius 1 is 1.00 bits per heavy atom. The standard InChI is InChI=1S/C29H30F3N7/c1-21-23(7-9-26-19-35-28-5-3-10-36-39(26)28)15-22(17-33-21)18-34-25-8-6-24(27(16-25)29(30,31)32)20-38-12-4-11-37(2)13-14-38/h3,5-6,8,10,15-17,19,34H,4,11-14,18,20H2,1-2H3. The summed E-state index contributed by atoms with van der Waals surface area (Å²) in [5.74, 6) is 6.22. The first kappa shape index (κ1) is 26.7. The van der Waals surface area contributed by atoms with Crippen molar-refractivity contribution in [1.82, 2.24) is 29.4 Å². The van der Waals surface area contributed by atoms with Crippen LogP contribution in [0.15, 0.2) is 55.0 Å². The topological polar surface area (TPSA) is 61.6 Å². The molecule has 0 amide bonds. The van der Waals surface area contributed by atoms with Crippen LogP contribution in [0, 0.1) is 18.8 Å². The number of alkyl halides is 3. The lowest BCUT2D eigenvalue weighted by Gasteiger charge is -2.23. The number of halogens is 3. The van der Waals surface area contributed by atoms with E-state index in [1.54, 1.807) is 35.2 Å². The molecule has 1 aliphatic rings. The molecule has 4 aromatic rings. The summed E-state index contributed by atoms with van der Waals surface area (Å²) in [7, 11) is 2.04. The van der Waals surface area contributed by atoms with E-state index in [-0.39, 0.29) is 6.54 Å². The van der Waals surface area contributed by atoms with Crippen LogP contribution in [0.4, 0.5) is 18.9 Å². The highest BCUT2D eigenvalue weighted by Gasteiger charge is 2.34. The zero-order valence-electron chi connectivity index (χ0n) is 22.0. The van der Waals surface area contributed by atoms with Crippen molar-refractivity contribution in [2.24, 2.45) is 0 Å². The highest BCUT2D eigenvalue weighted by molar-refractivity contribution is 5.51. The summed E-state index contributed by atoms with van der Waals surface area (Å²) < 4.78 is 43.6. The van der Waals surface area contributed by atoms with Crippen LogP contribution in [0.5, 0.6) is 0 Å². The van der Waals surface area contributed by atoms with E-state index in [0.717, 1.165) is 49.4 Å². The zero-order valence-corrected chi connectivity index (χ0v) is 22.0. The van der Waals surface area contributed by atoms with Gasteiger partial charge in [-0.1, -0.05) is 12.0 Å². The van der Waals surface area contributed by atoms with Crippen molar-refractivity contribution < 1.29 is 13.2 Å². The van der Waals surface area contributed by atoms with Gasteiger partial charge in [-0.2, -0.15) is 18.3 Å². The molecule has 0 radical (unpaired) electrons. The van der Waals surface area contributed by atoms with Gasteiger partial charge in [0.05, 0.1) is 17.5 Å². The molecule has 0 unspecified atom stereocenters. The lowest BCUT2D eigenvalue weighted by molar-refractivity contribution is -0.138. The van der Waals surface area contributed by atoms with E-state index in [0.29, 0.717) is 29.1 Å². The maximum atomic E-state index is 14.0. The molecule has 5 rings (SSSR count). The summed E-state index contributed by atoms with van der Waals surface area (Å²) in [6, 6.07) is 10.1. The highest BCUT2D eigenvalue weighted by Crippen LogP contribution is 2.34. The first-order valence-electron chi connectivity index (χ1n) is 12.9. The van der Waals surface area contributed by atoms with Crippen LogP contribution in [0.1, 0.15) is 40.1 Å². The van der Waals surface area contributed by atoms with Gasteiger partial charge in [0.15, 0.2) is 5.65 Å². The number of pyridine rings is 1. The van der Waals surface area contributed by atoms with Gasteiger partial charge in [-0.3, -0.25) is 9.88 Å². The monoisotopic (exact) mass is 533 g/mol. The molecule has 1 N–H and O–H groups in total. The number of benzene rings is 1. The molecular weight excluding hydrogens is 503 g/mol. The third-order valence-corrected chi connectivity index (χ3v) is 6.86. The van der Waals surface area contributed by atoms with Gasteiger partial charge < -0.3 is 10.2 Å². The van der Waals surface area contributed by atoms with Crippen LogP contribution < -0.4 is 5.32 Å². The SMILES string of the molecule is Cc1ncc(CNc2ccc(CN3CCCN(C)CC3)c(C(F)(F)F)c2)cc1C#Cc1cnc2cccnn12. The predicted octanol–water partition coefficient (Wildman–Crippen LogP) is 4.60. The zero-order chi connectivity index (χ0) is 27.4. The van der Waals surface area contributed by atoms with E-state index in [4.69, 9.17) is 0 Å². The minimum atomic E-state index is -4.43. The molecule has 39 heavy (non-hydrogen) atoms. The van der Waals surface area contributed by atoms with Gasteiger partial charge in [0, 0.05) is 49.8 Å². The Bertz CT molecular complexity index is 1520. The van der Waals surface area contributed by atoms with Crippen LogP contribution in [-0.2, 0) is 19.3 Å². The van der Waals surface area contributed by atoms with Crippen LogP contribution in [0.2, 0.25) is 0 Å². The van der Waals surface area contributed by atoms with Gasteiger partial charge in [0.2, 0.25) is 0 Å². The smallest absolute Gasteiger partial charge is 0.381 e. The summed E-state index contributed by atoms with van der Waals surface area (Å²) in [6.07, 6.45) is 1.56. The highest BCUT2D eigenvalue weighted by atomic mass is 19.4. The number of nitrogens with zero attached hydrogens (tertiary/aromatic N) is 6. The van der Waals surface area contributed by atoms with Crippen molar-refractivity contribution in [2.45, 2.75) is 32.6 Å². The van der Waals surface area contributed by atoms with Crippen LogP contribution >= 0.6 is 0 Å². The maximum absolute atomic E-state index is 14.0. The van der Waals surface area contributed by atoms with Gasteiger partial charge >= 0.3 is 6.18 Å². The molecule has 4 heterocycles. The number of aryl methyl sites for hydroxylation is 1. The number of nitrogens with one attached hydrogen (secondary N) is 1. The fraction of sp³-hybridized carbons (Fsp3) is 0.345. The van der Waals surface area contributed by atoms with Crippen LogP contribution in [0.25, 0.3) is 5.65 Å². The number of likely N-dealkylation sites (N-methyl/N-ethyl adjacent to an activating group) is 1. The summed E-state index contributed by atoms with van der Waals surface area (Å²) in [6.45, 7) is 5.83. The quantitative estimate of drug-likeness (QED) is 0.379. The van der Waals surface area contributed by atoms with E-state index in [9.17, 15) is 13.2 Å². The molecule has 1 aliphatic heterocycles. The number of hydrogen-bond acceptors (Lipinski definition) is 6. The fourth-order valence-electron chi connectivity index (χ4n) is 4.64. The van der Waals surface area contributed by atoms with Crippen molar-refractivity contribution in [3.8, 4) is 11.8 Å². The summed E-state index contributed by atoms with van der Waals surface area (Å²) in [5.41, 5.74) is 3.78. The molecular formula is C29H30F3N7. The second-order valence-electron chi connectivity index (χ2n) is 9.82. The number of anilines is 1. The number of hydrogen-bond donors (Lipinski definition) is 1. The number of rotatable bonds is 5. The van der Waals surface area contributed by atoms with E-state index < -0.39 is 11.7 Å². The Labute approximate surface area is 225 Å². The molecule has 10 heteroatoms. The molecule has 202 valence electrons. The molecule has 1 aromatic carbocycles.